The van der Waals surface area contributed by atoms with Gasteiger partial charge in [0, 0.05) is 6.08 Å². The normalized spacial score (nSPS) is 12.9. The Labute approximate surface area is 155 Å². The lowest BCUT2D eigenvalue weighted by Crippen LogP contribution is -2.01. The summed E-state index contributed by atoms with van der Waals surface area (Å²) in [7, 11) is 0. The van der Waals surface area contributed by atoms with Gasteiger partial charge in [-0.2, -0.15) is 0 Å². The monoisotopic (exact) mass is 352 g/mol. The molecule has 146 valence electrons. The predicted octanol–water partition coefficient (Wildman–Crippen LogP) is 6.11. The van der Waals surface area contributed by atoms with Gasteiger partial charge in [0.15, 0.2) is 0 Å². The molecule has 3 nitrogen and oxygen atoms in total. The molecule has 0 aliphatic carbocycles. The van der Waals surface area contributed by atoms with Crippen LogP contribution in [0.1, 0.15) is 97.3 Å². The Bertz CT molecular complexity index is 347. The molecule has 0 saturated carbocycles. The van der Waals surface area contributed by atoms with E-state index >= 15 is 0 Å². The van der Waals surface area contributed by atoms with Crippen molar-refractivity contribution in [3.63, 3.8) is 0 Å². The summed E-state index contributed by atoms with van der Waals surface area (Å²) in [6, 6.07) is 0. The van der Waals surface area contributed by atoms with Gasteiger partial charge in [-0.1, -0.05) is 82.9 Å². The molecule has 0 aromatic rings. The predicted molar refractivity (Wildman–Crippen MR) is 107 cm³/mol. The number of esters is 1. The summed E-state index contributed by atoms with van der Waals surface area (Å²) in [4.78, 5) is 11.1. The van der Waals surface area contributed by atoms with Crippen LogP contribution in [0.25, 0.3) is 0 Å². The average molecular weight is 353 g/mol. The second-order valence-electron chi connectivity index (χ2n) is 6.70. The first-order chi connectivity index (χ1) is 12.2. The standard InChI is InChI=1S/C22H40O3/c1-3-5-6-7-8-9-10-11-12-13-14-15-18-21(23)19-16-17-20-22(24)25-4-2/h15,17-18,20-21,23H,3-14,16,19H2,1-2H3. The van der Waals surface area contributed by atoms with Gasteiger partial charge in [-0.3, -0.25) is 0 Å². The Balaban J connectivity index is 3.39. The molecule has 0 radical (unpaired) electrons. The number of hydrogen-bond donors (Lipinski definition) is 1. The zero-order chi connectivity index (χ0) is 18.6. The van der Waals surface area contributed by atoms with E-state index in [-0.39, 0.29) is 5.97 Å². The number of unbranched alkanes of at least 4 members (excludes halogenated alkanes) is 10. The van der Waals surface area contributed by atoms with Crippen LogP contribution in [0, 0.1) is 0 Å². The second kappa shape index (κ2) is 19.2. The molecule has 0 rings (SSSR count). The van der Waals surface area contributed by atoms with Crippen molar-refractivity contribution in [2.75, 3.05) is 6.61 Å². The summed E-state index contributed by atoms with van der Waals surface area (Å²) < 4.78 is 4.80. The maximum atomic E-state index is 11.1. The van der Waals surface area contributed by atoms with Crippen molar-refractivity contribution in [1.29, 1.82) is 0 Å². The smallest absolute Gasteiger partial charge is 0.330 e. The molecule has 0 heterocycles. The quantitative estimate of drug-likeness (QED) is 0.149. The summed E-state index contributed by atoms with van der Waals surface area (Å²) in [5.74, 6) is -0.312. The topological polar surface area (TPSA) is 46.5 Å². The van der Waals surface area contributed by atoms with Gasteiger partial charge < -0.3 is 9.84 Å². The summed E-state index contributed by atoms with van der Waals surface area (Å²) in [5.41, 5.74) is 0. The average Bonchev–Trinajstić information content (AvgIpc) is 2.60. The van der Waals surface area contributed by atoms with Crippen molar-refractivity contribution in [3.8, 4) is 0 Å². The number of aliphatic hydroxyl groups is 1. The van der Waals surface area contributed by atoms with E-state index in [1.807, 2.05) is 6.08 Å². The number of ether oxygens (including phenoxy) is 1. The van der Waals surface area contributed by atoms with Crippen molar-refractivity contribution in [3.05, 3.63) is 24.3 Å². The van der Waals surface area contributed by atoms with E-state index in [4.69, 9.17) is 4.74 Å². The highest BCUT2D eigenvalue weighted by Gasteiger charge is 1.98. The van der Waals surface area contributed by atoms with E-state index in [1.165, 1.54) is 70.3 Å². The maximum Gasteiger partial charge on any atom is 0.330 e. The van der Waals surface area contributed by atoms with Crippen LogP contribution in [0.2, 0.25) is 0 Å². The minimum Gasteiger partial charge on any atom is -0.463 e. The Morgan fingerprint density at radius 2 is 1.48 bits per heavy atom. The van der Waals surface area contributed by atoms with E-state index in [9.17, 15) is 9.90 Å². The molecule has 1 N–H and O–H groups in total. The van der Waals surface area contributed by atoms with Gasteiger partial charge in [-0.25, -0.2) is 4.79 Å². The van der Waals surface area contributed by atoms with Crippen LogP contribution in [-0.2, 0) is 9.53 Å². The van der Waals surface area contributed by atoms with Gasteiger partial charge in [-0.05, 0) is 32.6 Å². The fraction of sp³-hybridized carbons (Fsp3) is 0.773. The molecule has 0 saturated heterocycles. The van der Waals surface area contributed by atoms with Crippen LogP contribution in [-0.4, -0.2) is 23.8 Å². The first kappa shape index (κ1) is 23.9. The molecule has 0 fully saturated rings. The molecular weight excluding hydrogens is 312 g/mol. The van der Waals surface area contributed by atoms with Crippen LogP contribution in [0.4, 0.5) is 0 Å². The molecular formula is C22H40O3. The third-order valence-corrected chi connectivity index (χ3v) is 4.25. The van der Waals surface area contributed by atoms with Crippen LogP contribution >= 0.6 is 0 Å². The minimum atomic E-state index is -0.421. The van der Waals surface area contributed by atoms with Gasteiger partial charge in [0.1, 0.15) is 0 Å². The van der Waals surface area contributed by atoms with E-state index in [0.29, 0.717) is 19.4 Å². The summed E-state index contributed by atoms with van der Waals surface area (Å²) in [6.07, 6.45) is 22.6. The number of carbonyl (C=O) groups is 1. The van der Waals surface area contributed by atoms with Crippen molar-refractivity contribution >= 4 is 5.97 Å². The van der Waals surface area contributed by atoms with Gasteiger partial charge in [0.05, 0.1) is 12.7 Å². The zero-order valence-corrected chi connectivity index (χ0v) is 16.5. The summed E-state index contributed by atoms with van der Waals surface area (Å²) in [5, 5.41) is 9.84. The Hall–Kier alpha value is -1.09. The molecule has 0 amide bonds. The lowest BCUT2D eigenvalue weighted by molar-refractivity contribution is -0.137. The lowest BCUT2D eigenvalue weighted by atomic mass is 10.1. The SMILES string of the molecule is CCCCCCCCCCCCC=CC(O)CCC=CC(=O)OCC. The Morgan fingerprint density at radius 1 is 0.880 bits per heavy atom. The molecule has 0 aromatic heterocycles. The van der Waals surface area contributed by atoms with E-state index < -0.39 is 6.10 Å². The fourth-order valence-corrected chi connectivity index (χ4v) is 2.74. The third-order valence-electron chi connectivity index (χ3n) is 4.25. The van der Waals surface area contributed by atoms with E-state index in [2.05, 4.69) is 13.0 Å². The fourth-order valence-electron chi connectivity index (χ4n) is 2.74. The molecule has 0 aliphatic rings. The van der Waals surface area contributed by atoms with E-state index in [1.54, 1.807) is 13.0 Å². The number of allylic oxidation sites excluding steroid dienone is 2. The highest BCUT2D eigenvalue weighted by Crippen LogP contribution is 2.11. The third kappa shape index (κ3) is 19.1. The number of carbonyl (C=O) groups excluding carboxylic acids is 1. The number of rotatable bonds is 17. The first-order valence-corrected chi connectivity index (χ1v) is 10.4. The molecule has 1 atom stereocenters. The molecule has 3 heteroatoms. The van der Waals surface area contributed by atoms with Crippen molar-refractivity contribution < 1.29 is 14.6 Å². The van der Waals surface area contributed by atoms with Crippen LogP contribution in [0.3, 0.4) is 0 Å². The highest BCUT2D eigenvalue weighted by molar-refractivity contribution is 5.81. The van der Waals surface area contributed by atoms with Gasteiger partial charge in [0.25, 0.3) is 0 Å². The molecule has 1 unspecified atom stereocenters. The molecule has 0 aromatic carbocycles. The largest absolute Gasteiger partial charge is 0.463 e. The van der Waals surface area contributed by atoms with E-state index in [0.717, 1.165) is 6.42 Å². The summed E-state index contributed by atoms with van der Waals surface area (Å²) in [6.45, 7) is 4.44. The molecule has 25 heavy (non-hydrogen) atoms. The van der Waals surface area contributed by atoms with Crippen LogP contribution < -0.4 is 0 Å². The van der Waals surface area contributed by atoms with Gasteiger partial charge >= 0.3 is 5.97 Å². The molecule has 0 aliphatic heterocycles. The van der Waals surface area contributed by atoms with Crippen molar-refractivity contribution in [2.45, 2.75) is 103 Å². The second-order valence-corrected chi connectivity index (χ2v) is 6.70. The minimum absolute atomic E-state index is 0.312. The number of hydrogen-bond acceptors (Lipinski definition) is 3. The Kier molecular flexibility index (Phi) is 18.4. The first-order valence-electron chi connectivity index (χ1n) is 10.4. The lowest BCUT2D eigenvalue weighted by Gasteiger charge is -2.03. The van der Waals surface area contributed by atoms with Gasteiger partial charge in [-0.15, -0.1) is 0 Å². The number of aliphatic hydroxyl groups excluding tert-OH is 1. The van der Waals surface area contributed by atoms with Crippen LogP contribution in [0.15, 0.2) is 24.3 Å². The summed E-state index contributed by atoms with van der Waals surface area (Å²) >= 11 is 0. The Morgan fingerprint density at radius 3 is 2.08 bits per heavy atom. The zero-order valence-electron chi connectivity index (χ0n) is 16.5. The highest BCUT2D eigenvalue weighted by atomic mass is 16.5. The van der Waals surface area contributed by atoms with Crippen LogP contribution in [0.5, 0.6) is 0 Å². The van der Waals surface area contributed by atoms with Gasteiger partial charge in [0.2, 0.25) is 0 Å². The maximum absolute atomic E-state index is 11.1. The van der Waals surface area contributed by atoms with Crippen molar-refractivity contribution in [2.24, 2.45) is 0 Å². The molecule has 0 spiro atoms. The van der Waals surface area contributed by atoms with Crippen molar-refractivity contribution in [1.82, 2.24) is 0 Å². The molecule has 0 bridgehead atoms.